The maximum absolute atomic E-state index is 13.1. The van der Waals surface area contributed by atoms with E-state index in [2.05, 4.69) is 20.3 Å². The molecule has 8 heteroatoms. The average Bonchev–Trinajstić information content (AvgIpc) is 3.39. The van der Waals surface area contributed by atoms with Crippen molar-refractivity contribution in [2.75, 3.05) is 53.6 Å². The summed E-state index contributed by atoms with van der Waals surface area (Å²) in [6.45, 7) is 4.72. The Morgan fingerprint density at radius 1 is 1.28 bits per heavy atom. The van der Waals surface area contributed by atoms with Crippen molar-refractivity contribution in [3.63, 3.8) is 0 Å². The van der Waals surface area contributed by atoms with Crippen molar-refractivity contribution < 1.29 is 13.9 Å². The Bertz CT molecular complexity index is 778. The third-order valence-corrected chi connectivity index (χ3v) is 4.98. The summed E-state index contributed by atoms with van der Waals surface area (Å²) in [5.41, 5.74) is 1.82. The van der Waals surface area contributed by atoms with E-state index in [0.29, 0.717) is 19.1 Å². The number of nitrogens with one attached hydrogen (secondary N) is 1. The standard InChI is InChI=1S/C21H30FN5O2/c1-23-21(26-11-8-17(15-26)16-29-14-13-28-2)24-10-7-19-9-12-27(25-19)20-5-3-18(22)4-6-20/h3-6,9,12,17H,7-8,10-11,13-16H2,1-2H3,(H,23,24). The first kappa shape index (κ1) is 21.3. The van der Waals surface area contributed by atoms with Crippen molar-refractivity contribution in [2.24, 2.45) is 10.9 Å². The molecule has 1 aliphatic rings. The van der Waals surface area contributed by atoms with Gasteiger partial charge in [-0.05, 0) is 36.8 Å². The molecule has 1 aliphatic heterocycles. The van der Waals surface area contributed by atoms with E-state index in [4.69, 9.17) is 9.47 Å². The molecule has 0 spiro atoms. The van der Waals surface area contributed by atoms with Gasteiger partial charge in [-0.2, -0.15) is 5.10 Å². The summed E-state index contributed by atoms with van der Waals surface area (Å²) in [6, 6.07) is 8.30. The first-order valence-corrected chi connectivity index (χ1v) is 10.0. The molecular weight excluding hydrogens is 373 g/mol. The molecule has 0 aliphatic carbocycles. The van der Waals surface area contributed by atoms with Gasteiger partial charge in [0.1, 0.15) is 5.82 Å². The highest BCUT2D eigenvalue weighted by molar-refractivity contribution is 5.80. The molecule has 1 atom stereocenters. The number of ether oxygens (including phenoxy) is 2. The topological polar surface area (TPSA) is 63.9 Å². The van der Waals surface area contributed by atoms with Gasteiger partial charge in [0.05, 0.1) is 31.2 Å². The number of rotatable bonds is 9. The minimum absolute atomic E-state index is 0.248. The lowest BCUT2D eigenvalue weighted by molar-refractivity contribution is 0.0536. The molecule has 1 fully saturated rings. The SMILES string of the molecule is CN=C(NCCc1ccn(-c2ccc(F)cc2)n1)N1CCC(COCCOC)C1. The Balaban J connectivity index is 1.42. The van der Waals surface area contributed by atoms with Crippen LogP contribution in [0.4, 0.5) is 4.39 Å². The monoisotopic (exact) mass is 403 g/mol. The second kappa shape index (κ2) is 10.9. The van der Waals surface area contributed by atoms with Gasteiger partial charge in [-0.15, -0.1) is 0 Å². The van der Waals surface area contributed by atoms with Crippen molar-refractivity contribution in [1.82, 2.24) is 20.0 Å². The second-order valence-corrected chi connectivity index (χ2v) is 7.12. The molecule has 0 amide bonds. The van der Waals surface area contributed by atoms with E-state index < -0.39 is 0 Å². The van der Waals surface area contributed by atoms with Crippen molar-refractivity contribution in [3.8, 4) is 5.69 Å². The van der Waals surface area contributed by atoms with E-state index in [-0.39, 0.29) is 5.82 Å². The summed E-state index contributed by atoms with van der Waals surface area (Å²) in [5.74, 6) is 1.20. The predicted octanol–water partition coefficient (Wildman–Crippen LogP) is 2.11. The lowest BCUT2D eigenvalue weighted by atomic mass is 10.1. The van der Waals surface area contributed by atoms with Gasteiger partial charge < -0.3 is 19.7 Å². The molecule has 2 aromatic rings. The molecule has 158 valence electrons. The summed E-state index contributed by atoms with van der Waals surface area (Å²) < 4.78 is 25.5. The van der Waals surface area contributed by atoms with Crippen LogP contribution in [-0.2, 0) is 15.9 Å². The highest BCUT2D eigenvalue weighted by atomic mass is 19.1. The highest BCUT2D eigenvalue weighted by Crippen LogP contribution is 2.16. The van der Waals surface area contributed by atoms with E-state index in [0.717, 1.165) is 56.4 Å². The average molecular weight is 404 g/mol. The summed E-state index contributed by atoms with van der Waals surface area (Å²) in [4.78, 5) is 6.70. The van der Waals surface area contributed by atoms with Crippen LogP contribution in [0.2, 0.25) is 0 Å². The fraction of sp³-hybridized carbons (Fsp3) is 0.524. The van der Waals surface area contributed by atoms with Crippen LogP contribution in [0.3, 0.4) is 0 Å². The molecule has 1 N–H and O–H groups in total. The van der Waals surface area contributed by atoms with Crippen LogP contribution in [-0.4, -0.2) is 74.3 Å². The molecule has 1 aromatic heterocycles. The second-order valence-electron chi connectivity index (χ2n) is 7.12. The first-order chi connectivity index (χ1) is 14.2. The van der Waals surface area contributed by atoms with Crippen LogP contribution in [0.5, 0.6) is 0 Å². The van der Waals surface area contributed by atoms with Gasteiger partial charge in [0.2, 0.25) is 0 Å². The number of guanidine groups is 1. The minimum Gasteiger partial charge on any atom is -0.382 e. The molecule has 0 saturated carbocycles. The van der Waals surface area contributed by atoms with E-state index in [1.807, 2.05) is 19.3 Å². The minimum atomic E-state index is -0.248. The number of likely N-dealkylation sites (tertiary alicyclic amines) is 1. The normalized spacial score (nSPS) is 17.1. The number of aromatic nitrogens is 2. The lowest BCUT2D eigenvalue weighted by Gasteiger charge is -2.21. The number of hydrogen-bond donors (Lipinski definition) is 1. The van der Waals surface area contributed by atoms with Crippen LogP contribution in [0.25, 0.3) is 5.69 Å². The van der Waals surface area contributed by atoms with Gasteiger partial charge >= 0.3 is 0 Å². The fourth-order valence-electron chi connectivity index (χ4n) is 3.42. The van der Waals surface area contributed by atoms with Crippen molar-refractivity contribution in [2.45, 2.75) is 12.8 Å². The molecule has 3 rings (SSSR count). The molecule has 29 heavy (non-hydrogen) atoms. The van der Waals surface area contributed by atoms with Crippen LogP contribution >= 0.6 is 0 Å². The maximum atomic E-state index is 13.1. The molecule has 0 radical (unpaired) electrons. The van der Waals surface area contributed by atoms with Crippen molar-refractivity contribution in [3.05, 3.63) is 48.0 Å². The van der Waals surface area contributed by atoms with Gasteiger partial charge in [0, 0.05) is 52.3 Å². The quantitative estimate of drug-likeness (QED) is 0.395. The Hall–Kier alpha value is -2.45. The third-order valence-electron chi connectivity index (χ3n) is 4.98. The highest BCUT2D eigenvalue weighted by Gasteiger charge is 2.24. The van der Waals surface area contributed by atoms with Gasteiger partial charge in [-0.3, -0.25) is 4.99 Å². The Morgan fingerprint density at radius 3 is 2.86 bits per heavy atom. The van der Waals surface area contributed by atoms with E-state index >= 15 is 0 Å². The number of benzene rings is 1. The van der Waals surface area contributed by atoms with Crippen LogP contribution in [0, 0.1) is 11.7 Å². The number of methoxy groups -OCH3 is 1. The predicted molar refractivity (Wildman–Crippen MR) is 111 cm³/mol. The largest absolute Gasteiger partial charge is 0.382 e. The zero-order chi connectivity index (χ0) is 20.5. The lowest BCUT2D eigenvalue weighted by Crippen LogP contribution is -2.41. The van der Waals surface area contributed by atoms with Crippen molar-refractivity contribution >= 4 is 5.96 Å². The van der Waals surface area contributed by atoms with Crippen LogP contribution in [0.15, 0.2) is 41.5 Å². The number of hydrogen-bond acceptors (Lipinski definition) is 4. The van der Waals surface area contributed by atoms with E-state index in [9.17, 15) is 4.39 Å². The summed E-state index contributed by atoms with van der Waals surface area (Å²) in [6.07, 6.45) is 3.78. The van der Waals surface area contributed by atoms with Gasteiger partial charge in [0.25, 0.3) is 0 Å². The molecule has 1 saturated heterocycles. The maximum Gasteiger partial charge on any atom is 0.193 e. The molecule has 2 heterocycles. The fourth-order valence-corrected chi connectivity index (χ4v) is 3.42. The van der Waals surface area contributed by atoms with Gasteiger partial charge in [-0.1, -0.05) is 0 Å². The molecular formula is C21H30FN5O2. The molecule has 1 unspecified atom stereocenters. The molecule has 0 bridgehead atoms. The molecule has 1 aromatic carbocycles. The van der Waals surface area contributed by atoms with Crippen molar-refractivity contribution in [1.29, 1.82) is 0 Å². The van der Waals surface area contributed by atoms with E-state index in [1.54, 1.807) is 23.9 Å². The summed E-state index contributed by atoms with van der Waals surface area (Å²) in [7, 11) is 3.50. The summed E-state index contributed by atoms with van der Waals surface area (Å²) >= 11 is 0. The van der Waals surface area contributed by atoms with Crippen LogP contribution in [0.1, 0.15) is 12.1 Å². The number of nitrogens with zero attached hydrogens (tertiary/aromatic N) is 4. The van der Waals surface area contributed by atoms with Crippen LogP contribution < -0.4 is 5.32 Å². The first-order valence-electron chi connectivity index (χ1n) is 10.0. The number of halogens is 1. The Morgan fingerprint density at radius 2 is 2.10 bits per heavy atom. The Labute approximate surface area is 171 Å². The molecule has 7 nitrogen and oxygen atoms in total. The smallest absolute Gasteiger partial charge is 0.193 e. The van der Waals surface area contributed by atoms with E-state index in [1.165, 1.54) is 12.1 Å². The van der Waals surface area contributed by atoms with Gasteiger partial charge in [-0.25, -0.2) is 9.07 Å². The van der Waals surface area contributed by atoms with Gasteiger partial charge in [0.15, 0.2) is 5.96 Å². The zero-order valence-electron chi connectivity index (χ0n) is 17.2. The summed E-state index contributed by atoms with van der Waals surface area (Å²) in [5, 5.41) is 7.99. The Kier molecular flexibility index (Phi) is 8.01. The number of aliphatic imine (C=N–C) groups is 1. The zero-order valence-corrected chi connectivity index (χ0v) is 17.2. The third kappa shape index (κ3) is 6.27.